The lowest BCUT2D eigenvalue weighted by Crippen LogP contribution is -2.44. The van der Waals surface area contributed by atoms with Crippen molar-refractivity contribution in [2.75, 3.05) is 26.2 Å². The van der Waals surface area contributed by atoms with Gasteiger partial charge in [0.05, 0.1) is 26.0 Å². The van der Waals surface area contributed by atoms with E-state index in [0.717, 1.165) is 41.5 Å². The topological polar surface area (TPSA) is 76.2 Å². The van der Waals surface area contributed by atoms with Crippen molar-refractivity contribution in [1.29, 1.82) is 0 Å². The van der Waals surface area contributed by atoms with E-state index in [-0.39, 0.29) is 24.0 Å². The van der Waals surface area contributed by atoms with E-state index in [1.54, 1.807) is 35.2 Å². The summed E-state index contributed by atoms with van der Waals surface area (Å²) in [6.07, 6.45) is 4.59. The number of likely N-dealkylation sites (tertiary alicyclic amines) is 1. The summed E-state index contributed by atoms with van der Waals surface area (Å²) in [6, 6.07) is 8.78. The Hall–Kier alpha value is -2.20. The Bertz CT molecular complexity index is 1250. The van der Waals surface area contributed by atoms with Gasteiger partial charge in [-0.15, -0.1) is 0 Å². The number of benzene rings is 2. The molecular formula is C26H25BrCl2N2O5S. The Balaban J connectivity index is 1.50. The van der Waals surface area contributed by atoms with E-state index in [0.29, 0.717) is 51.3 Å². The van der Waals surface area contributed by atoms with Crippen molar-refractivity contribution in [3.05, 3.63) is 60.9 Å². The summed E-state index contributed by atoms with van der Waals surface area (Å²) in [4.78, 5) is 41.1. The second kappa shape index (κ2) is 12.6. The van der Waals surface area contributed by atoms with Crippen LogP contribution in [0.2, 0.25) is 10.0 Å². The van der Waals surface area contributed by atoms with Crippen LogP contribution in [0.25, 0.3) is 6.08 Å². The number of halogens is 3. The van der Waals surface area contributed by atoms with Gasteiger partial charge in [0.15, 0.2) is 11.5 Å². The second-order valence-corrected chi connectivity index (χ2v) is 11.2. The number of amides is 3. The van der Waals surface area contributed by atoms with E-state index in [1.165, 1.54) is 0 Å². The third-order valence-corrected chi connectivity index (χ3v) is 8.11. The van der Waals surface area contributed by atoms with Crippen LogP contribution in [0.5, 0.6) is 11.5 Å². The molecule has 2 fully saturated rings. The average molecular weight is 628 g/mol. The fourth-order valence-electron chi connectivity index (χ4n) is 4.03. The molecule has 0 unspecified atom stereocenters. The molecule has 0 N–H and O–H groups in total. The van der Waals surface area contributed by atoms with E-state index < -0.39 is 11.1 Å². The number of thioether (sulfide) groups is 1. The first-order valence-corrected chi connectivity index (χ1v) is 14.2. The van der Waals surface area contributed by atoms with E-state index >= 15 is 0 Å². The summed E-state index contributed by atoms with van der Waals surface area (Å²) < 4.78 is 12.4. The Morgan fingerprint density at radius 1 is 1.08 bits per heavy atom. The van der Waals surface area contributed by atoms with Gasteiger partial charge in [0.1, 0.15) is 13.2 Å². The maximum absolute atomic E-state index is 13.0. The molecular weight excluding hydrogens is 603 g/mol. The third kappa shape index (κ3) is 6.82. The van der Waals surface area contributed by atoms with Crippen molar-refractivity contribution in [1.82, 2.24) is 9.80 Å². The van der Waals surface area contributed by atoms with Crippen molar-refractivity contribution in [2.24, 2.45) is 0 Å². The maximum atomic E-state index is 13.0. The molecule has 2 heterocycles. The van der Waals surface area contributed by atoms with Gasteiger partial charge < -0.3 is 14.4 Å². The summed E-state index contributed by atoms with van der Waals surface area (Å²) in [5, 5.41) is 0.451. The largest absolute Gasteiger partial charge is 0.490 e. The van der Waals surface area contributed by atoms with Crippen LogP contribution in [0.15, 0.2) is 39.7 Å². The fraction of sp³-hybridized carbons (Fsp3) is 0.346. The number of carbonyl (C=O) groups is 3. The molecule has 37 heavy (non-hydrogen) atoms. The van der Waals surface area contributed by atoms with Gasteiger partial charge in [-0.2, -0.15) is 0 Å². The first-order valence-electron chi connectivity index (χ1n) is 11.8. The molecule has 0 saturated carbocycles. The molecule has 0 aliphatic carbocycles. The molecule has 2 aromatic rings. The van der Waals surface area contributed by atoms with Crippen LogP contribution in [0, 0.1) is 0 Å². The first kappa shape index (κ1) is 27.8. The van der Waals surface area contributed by atoms with E-state index in [2.05, 4.69) is 15.9 Å². The Labute approximate surface area is 238 Å². The lowest BCUT2D eigenvalue weighted by Gasteiger charge is -2.27. The van der Waals surface area contributed by atoms with E-state index in [1.807, 2.05) is 13.0 Å². The molecule has 2 aliphatic heterocycles. The molecule has 2 aliphatic rings. The second-order valence-electron chi connectivity index (χ2n) is 8.51. The average Bonchev–Trinajstić information content (AvgIpc) is 3.13. The molecule has 0 radical (unpaired) electrons. The zero-order chi connectivity index (χ0) is 26.5. The van der Waals surface area contributed by atoms with Gasteiger partial charge in [0, 0.05) is 13.1 Å². The number of carbonyl (C=O) groups excluding carboxylic acids is 3. The van der Waals surface area contributed by atoms with Gasteiger partial charge in [0.25, 0.3) is 11.1 Å². The van der Waals surface area contributed by atoms with Crippen molar-refractivity contribution in [3.63, 3.8) is 0 Å². The molecule has 4 rings (SSSR count). The number of nitrogens with zero attached hydrogens (tertiary/aromatic N) is 2. The molecule has 0 spiro atoms. The van der Waals surface area contributed by atoms with Gasteiger partial charge in [-0.25, -0.2) is 0 Å². The van der Waals surface area contributed by atoms with Crippen LogP contribution >= 0.6 is 50.9 Å². The van der Waals surface area contributed by atoms with Crippen molar-refractivity contribution in [3.8, 4) is 11.5 Å². The quantitative estimate of drug-likeness (QED) is 0.300. The first-order chi connectivity index (χ1) is 17.8. The highest BCUT2D eigenvalue weighted by Gasteiger charge is 2.37. The Morgan fingerprint density at radius 3 is 2.54 bits per heavy atom. The monoisotopic (exact) mass is 626 g/mol. The van der Waals surface area contributed by atoms with Gasteiger partial charge in [-0.1, -0.05) is 29.3 Å². The van der Waals surface area contributed by atoms with Gasteiger partial charge in [-0.3, -0.25) is 19.3 Å². The van der Waals surface area contributed by atoms with Crippen molar-refractivity contribution in [2.45, 2.75) is 32.8 Å². The molecule has 196 valence electrons. The summed E-state index contributed by atoms with van der Waals surface area (Å²) in [6.45, 7) is 3.58. The lowest BCUT2D eigenvalue weighted by atomic mass is 10.1. The molecule has 2 aromatic carbocycles. The number of rotatable bonds is 8. The smallest absolute Gasteiger partial charge is 0.294 e. The summed E-state index contributed by atoms with van der Waals surface area (Å²) in [7, 11) is 0. The highest BCUT2D eigenvalue weighted by Crippen LogP contribution is 2.40. The predicted octanol–water partition coefficient (Wildman–Crippen LogP) is 6.78. The van der Waals surface area contributed by atoms with Crippen LogP contribution in [-0.2, 0) is 16.2 Å². The zero-order valence-corrected chi connectivity index (χ0v) is 24.0. The maximum Gasteiger partial charge on any atom is 0.294 e. The standard InChI is InChI=1S/C26H25BrCl2N2O5S/c1-2-35-21-12-17(10-18(27)24(21)36-15-16-6-7-19(28)20(29)11-16)13-22-25(33)31(26(34)37-22)14-23(32)30-8-4-3-5-9-30/h6-7,10-13H,2-5,8-9,14-15H2,1H3/b22-13+. The number of imide groups is 1. The van der Waals surface area contributed by atoms with Gasteiger partial charge in [0.2, 0.25) is 5.91 Å². The van der Waals surface area contributed by atoms with Crippen molar-refractivity contribution >= 4 is 74.0 Å². The molecule has 0 aromatic heterocycles. The molecule has 11 heteroatoms. The summed E-state index contributed by atoms with van der Waals surface area (Å²) in [5.74, 6) is 0.287. The summed E-state index contributed by atoms with van der Waals surface area (Å²) in [5.41, 5.74) is 1.48. The van der Waals surface area contributed by atoms with Gasteiger partial charge in [-0.05, 0) is 95.3 Å². The molecule has 0 bridgehead atoms. The van der Waals surface area contributed by atoms with Crippen LogP contribution in [0.1, 0.15) is 37.3 Å². The predicted molar refractivity (Wildman–Crippen MR) is 149 cm³/mol. The van der Waals surface area contributed by atoms with Crippen LogP contribution in [0.3, 0.4) is 0 Å². The van der Waals surface area contributed by atoms with Crippen molar-refractivity contribution < 1.29 is 23.9 Å². The van der Waals surface area contributed by atoms with Crippen LogP contribution in [-0.4, -0.2) is 53.1 Å². The van der Waals surface area contributed by atoms with E-state index in [9.17, 15) is 14.4 Å². The molecule has 2 saturated heterocycles. The fourth-order valence-corrected chi connectivity index (χ4v) is 5.76. The molecule has 3 amide bonds. The molecule has 0 atom stereocenters. The minimum atomic E-state index is -0.477. The number of piperidine rings is 1. The van der Waals surface area contributed by atoms with Gasteiger partial charge >= 0.3 is 0 Å². The van der Waals surface area contributed by atoms with Crippen LogP contribution in [0.4, 0.5) is 4.79 Å². The number of ether oxygens (including phenoxy) is 2. The molecule has 7 nitrogen and oxygen atoms in total. The number of hydrogen-bond donors (Lipinski definition) is 0. The van der Waals surface area contributed by atoms with E-state index in [4.69, 9.17) is 32.7 Å². The third-order valence-electron chi connectivity index (χ3n) is 5.87. The minimum absolute atomic E-state index is 0.201. The Kier molecular flexibility index (Phi) is 9.45. The SMILES string of the molecule is CCOc1cc(/C=C2/SC(=O)N(CC(=O)N3CCCCC3)C2=O)cc(Br)c1OCc1ccc(Cl)c(Cl)c1. The minimum Gasteiger partial charge on any atom is -0.490 e. The normalized spacial score (nSPS) is 17.0. The Morgan fingerprint density at radius 2 is 1.84 bits per heavy atom. The summed E-state index contributed by atoms with van der Waals surface area (Å²) >= 11 is 16.4. The highest BCUT2D eigenvalue weighted by atomic mass is 79.9. The number of hydrogen-bond acceptors (Lipinski definition) is 6. The zero-order valence-electron chi connectivity index (χ0n) is 20.1. The van der Waals surface area contributed by atoms with Crippen LogP contribution < -0.4 is 9.47 Å². The highest BCUT2D eigenvalue weighted by molar-refractivity contribution is 9.10. The lowest BCUT2D eigenvalue weighted by molar-refractivity contribution is -0.136.